The van der Waals surface area contributed by atoms with Crippen LogP contribution in [0.4, 0.5) is 19.1 Å². The van der Waals surface area contributed by atoms with Gasteiger partial charge in [0, 0.05) is 35.7 Å². The number of hydrogen-bond donors (Lipinski definition) is 2. The fraction of sp³-hybridized carbons (Fsp3) is 0.381. The molecule has 0 aliphatic carbocycles. The molecule has 1 atom stereocenters. The molecular weight excluding hydrogens is 469 g/mol. The second-order valence-electron chi connectivity index (χ2n) is 8.17. The van der Waals surface area contributed by atoms with Crippen molar-refractivity contribution in [1.29, 1.82) is 0 Å². The van der Waals surface area contributed by atoms with Crippen molar-refractivity contribution in [2.24, 2.45) is 0 Å². The van der Waals surface area contributed by atoms with E-state index in [0.29, 0.717) is 23.7 Å². The van der Waals surface area contributed by atoms with Crippen molar-refractivity contribution >= 4 is 40.2 Å². The maximum atomic E-state index is 13.8. The first-order valence-electron chi connectivity index (χ1n) is 10.7. The molecule has 0 saturated carbocycles. The van der Waals surface area contributed by atoms with Crippen LogP contribution in [0, 0.1) is 0 Å². The standard InChI is InChI=1S/C21H21F3N8OS/c1-11(2)31-9-12(8-26-31)17-29-18-13-4-3-5-14(21(22,23)24)16(13)28-20(32(18)30-17)27-15-10-34-7-6-25-19(15)33/h3-5,8-9,11,15H,6-7,10H2,1-2H3,(H,25,33)(H,27,28)/t15-/m1/s1. The number of benzene rings is 1. The Kier molecular flexibility index (Phi) is 5.58. The highest BCUT2D eigenvalue weighted by atomic mass is 32.2. The molecule has 1 amide bonds. The van der Waals surface area contributed by atoms with Gasteiger partial charge in [-0.3, -0.25) is 9.48 Å². The Morgan fingerprint density at radius 1 is 1.26 bits per heavy atom. The fourth-order valence-electron chi connectivity index (χ4n) is 3.72. The van der Waals surface area contributed by atoms with E-state index >= 15 is 0 Å². The number of nitrogens with zero attached hydrogens (tertiary/aromatic N) is 6. The van der Waals surface area contributed by atoms with Gasteiger partial charge in [-0.05, 0) is 26.0 Å². The van der Waals surface area contributed by atoms with Crippen LogP contribution in [0.5, 0.6) is 0 Å². The predicted molar refractivity (Wildman–Crippen MR) is 123 cm³/mol. The van der Waals surface area contributed by atoms with E-state index in [0.717, 1.165) is 11.8 Å². The third-order valence-corrected chi connectivity index (χ3v) is 6.51. The van der Waals surface area contributed by atoms with E-state index in [1.807, 2.05) is 13.8 Å². The van der Waals surface area contributed by atoms with Gasteiger partial charge in [-0.15, -0.1) is 5.10 Å². The van der Waals surface area contributed by atoms with Crippen LogP contribution in [0.1, 0.15) is 25.5 Å². The van der Waals surface area contributed by atoms with Crippen molar-refractivity contribution in [2.75, 3.05) is 23.4 Å². The van der Waals surface area contributed by atoms with Crippen LogP contribution in [-0.4, -0.2) is 59.4 Å². The van der Waals surface area contributed by atoms with Gasteiger partial charge in [0.15, 0.2) is 11.5 Å². The number of amides is 1. The van der Waals surface area contributed by atoms with Gasteiger partial charge in [0.1, 0.15) is 6.04 Å². The van der Waals surface area contributed by atoms with Crippen molar-refractivity contribution in [1.82, 2.24) is 34.7 Å². The Morgan fingerprint density at radius 2 is 2.09 bits per heavy atom. The first-order chi connectivity index (χ1) is 16.2. The topological polar surface area (TPSA) is 102 Å². The van der Waals surface area contributed by atoms with Crippen LogP contribution in [0.15, 0.2) is 30.6 Å². The Morgan fingerprint density at radius 3 is 2.82 bits per heavy atom. The van der Waals surface area contributed by atoms with Crippen LogP contribution in [0.25, 0.3) is 27.9 Å². The van der Waals surface area contributed by atoms with E-state index in [4.69, 9.17) is 0 Å². The van der Waals surface area contributed by atoms with Crippen molar-refractivity contribution in [2.45, 2.75) is 32.1 Å². The number of carbonyl (C=O) groups is 1. The number of thioether (sulfide) groups is 1. The van der Waals surface area contributed by atoms with Crippen molar-refractivity contribution in [3.8, 4) is 11.4 Å². The highest BCUT2D eigenvalue weighted by Crippen LogP contribution is 2.36. The van der Waals surface area contributed by atoms with Gasteiger partial charge in [-0.25, -0.2) is 9.97 Å². The quantitative estimate of drug-likeness (QED) is 0.452. The summed E-state index contributed by atoms with van der Waals surface area (Å²) in [5, 5.41) is 14.8. The predicted octanol–water partition coefficient (Wildman–Crippen LogP) is 3.38. The smallest absolute Gasteiger partial charge is 0.353 e. The summed E-state index contributed by atoms with van der Waals surface area (Å²) < 4.78 is 44.5. The summed E-state index contributed by atoms with van der Waals surface area (Å²) in [5.74, 6) is 1.24. The van der Waals surface area contributed by atoms with Gasteiger partial charge < -0.3 is 10.6 Å². The molecular formula is C21H21F3N8OS. The molecule has 9 nitrogen and oxygen atoms in total. The summed E-state index contributed by atoms with van der Waals surface area (Å²) in [5.41, 5.74) is -0.324. The van der Waals surface area contributed by atoms with Gasteiger partial charge in [-0.2, -0.15) is 34.5 Å². The fourth-order valence-corrected chi connectivity index (χ4v) is 4.61. The van der Waals surface area contributed by atoms with E-state index in [-0.39, 0.29) is 34.4 Å². The second-order valence-corrected chi connectivity index (χ2v) is 9.32. The number of anilines is 1. The molecule has 1 saturated heterocycles. The van der Waals surface area contributed by atoms with Crippen LogP contribution >= 0.6 is 11.8 Å². The summed E-state index contributed by atoms with van der Waals surface area (Å²) >= 11 is 1.56. The molecule has 2 N–H and O–H groups in total. The molecule has 0 bridgehead atoms. The van der Waals surface area contributed by atoms with Crippen molar-refractivity contribution in [3.63, 3.8) is 0 Å². The highest BCUT2D eigenvalue weighted by Gasteiger charge is 2.34. The normalized spacial score (nSPS) is 17.4. The van der Waals surface area contributed by atoms with E-state index in [1.165, 1.54) is 16.6 Å². The molecule has 0 unspecified atom stereocenters. The molecule has 4 heterocycles. The van der Waals surface area contributed by atoms with E-state index < -0.39 is 17.8 Å². The lowest BCUT2D eigenvalue weighted by Crippen LogP contribution is -2.40. The molecule has 1 aromatic carbocycles. The number of rotatable bonds is 4. The van der Waals surface area contributed by atoms with E-state index in [2.05, 4.69) is 30.8 Å². The van der Waals surface area contributed by atoms with Gasteiger partial charge in [0.05, 0.1) is 22.8 Å². The maximum Gasteiger partial charge on any atom is 0.418 e. The number of fused-ring (bicyclic) bond motifs is 3. The third kappa shape index (κ3) is 4.04. The molecule has 4 aromatic rings. The molecule has 0 radical (unpaired) electrons. The number of nitrogens with one attached hydrogen (secondary N) is 2. The SMILES string of the molecule is CC(C)n1cc(-c2nc3c4cccc(C(F)(F)F)c4nc(N[C@@H]4CSCCNC4=O)n3n2)cn1. The number of hydrogen-bond acceptors (Lipinski definition) is 7. The molecule has 5 rings (SSSR count). The third-order valence-electron chi connectivity index (χ3n) is 5.45. The lowest BCUT2D eigenvalue weighted by Gasteiger charge is -2.17. The minimum Gasteiger partial charge on any atom is -0.353 e. The van der Waals surface area contributed by atoms with E-state index in [9.17, 15) is 18.0 Å². The number of halogens is 3. The molecule has 3 aromatic heterocycles. The van der Waals surface area contributed by atoms with Gasteiger partial charge in [-0.1, -0.05) is 6.07 Å². The summed E-state index contributed by atoms with van der Waals surface area (Å²) in [4.78, 5) is 21.3. The minimum absolute atomic E-state index is 0.0110. The Labute approximate surface area is 196 Å². The molecule has 0 spiro atoms. The number of alkyl halides is 3. The molecule has 13 heteroatoms. The van der Waals surface area contributed by atoms with Crippen molar-refractivity contribution < 1.29 is 18.0 Å². The first-order valence-corrected chi connectivity index (χ1v) is 11.8. The van der Waals surface area contributed by atoms with Gasteiger partial charge in [0.2, 0.25) is 11.9 Å². The van der Waals surface area contributed by atoms with Crippen LogP contribution in [0.2, 0.25) is 0 Å². The largest absolute Gasteiger partial charge is 0.418 e. The molecule has 1 aliphatic heterocycles. The van der Waals surface area contributed by atoms with E-state index in [1.54, 1.807) is 28.8 Å². The number of para-hydroxylation sites is 1. The average molecular weight is 491 g/mol. The Balaban J connectivity index is 1.71. The maximum absolute atomic E-state index is 13.8. The number of aromatic nitrogens is 6. The second kappa shape index (κ2) is 8.46. The zero-order valence-electron chi connectivity index (χ0n) is 18.3. The minimum atomic E-state index is -4.61. The zero-order chi connectivity index (χ0) is 24.0. The molecule has 1 aliphatic rings. The van der Waals surface area contributed by atoms with Crippen LogP contribution in [-0.2, 0) is 11.0 Å². The van der Waals surface area contributed by atoms with Crippen LogP contribution < -0.4 is 10.6 Å². The van der Waals surface area contributed by atoms with Gasteiger partial charge in [0.25, 0.3) is 0 Å². The lowest BCUT2D eigenvalue weighted by molar-refractivity contribution is -0.136. The lowest BCUT2D eigenvalue weighted by atomic mass is 10.1. The summed E-state index contributed by atoms with van der Waals surface area (Å²) in [6, 6.07) is 3.26. The Hall–Kier alpha value is -3.35. The van der Waals surface area contributed by atoms with Crippen LogP contribution in [0.3, 0.4) is 0 Å². The molecule has 1 fully saturated rings. The average Bonchev–Trinajstić information content (AvgIpc) is 3.40. The summed E-state index contributed by atoms with van der Waals surface area (Å²) in [6.45, 7) is 4.47. The number of carbonyl (C=O) groups excluding carboxylic acids is 1. The highest BCUT2D eigenvalue weighted by molar-refractivity contribution is 7.99. The summed E-state index contributed by atoms with van der Waals surface area (Å²) in [6.07, 6.45) is -1.23. The first kappa shape index (κ1) is 22.4. The molecule has 178 valence electrons. The summed E-state index contributed by atoms with van der Waals surface area (Å²) in [7, 11) is 0. The molecule has 34 heavy (non-hydrogen) atoms. The Bertz CT molecular complexity index is 1380. The van der Waals surface area contributed by atoms with Crippen molar-refractivity contribution in [3.05, 3.63) is 36.2 Å². The monoisotopic (exact) mass is 490 g/mol. The zero-order valence-corrected chi connectivity index (χ0v) is 19.1. The van der Waals surface area contributed by atoms with Gasteiger partial charge >= 0.3 is 6.18 Å².